The van der Waals surface area contributed by atoms with Crippen LogP contribution in [0.4, 0.5) is 0 Å². The van der Waals surface area contributed by atoms with E-state index in [0.29, 0.717) is 0 Å². The molecule has 102 valence electrons. The molecule has 0 aromatic heterocycles. The van der Waals surface area contributed by atoms with Gasteiger partial charge in [0.05, 0.1) is 6.04 Å². The fourth-order valence-electron chi connectivity index (χ4n) is 3.16. The molecule has 3 rings (SSSR count). The summed E-state index contributed by atoms with van der Waals surface area (Å²) >= 11 is 0. The summed E-state index contributed by atoms with van der Waals surface area (Å²) in [5.74, 6) is 0.234. The third-order valence-corrected chi connectivity index (χ3v) is 4.27. The van der Waals surface area contributed by atoms with Crippen LogP contribution in [0.2, 0.25) is 0 Å². The molecule has 1 amide bonds. The second-order valence-electron chi connectivity index (χ2n) is 5.75. The van der Waals surface area contributed by atoms with Crippen molar-refractivity contribution in [3.8, 4) is 0 Å². The van der Waals surface area contributed by atoms with Gasteiger partial charge in [-0.15, -0.1) is 0 Å². The second kappa shape index (κ2) is 5.33. The van der Waals surface area contributed by atoms with Crippen LogP contribution in [0, 0.1) is 0 Å². The molecule has 1 unspecified atom stereocenters. The predicted octanol–water partition coefficient (Wildman–Crippen LogP) is 1.89. The van der Waals surface area contributed by atoms with Crippen molar-refractivity contribution in [3.05, 3.63) is 34.9 Å². The zero-order valence-electron chi connectivity index (χ0n) is 11.6. The summed E-state index contributed by atoms with van der Waals surface area (Å²) in [7, 11) is 0. The Morgan fingerprint density at radius 2 is 2.11 bits per heavy atom. The van der Waals surface area contributed by atoms with Crippen LogP contribution in [0.25, 0.3) is 0 Å². The number of hydrogen-bond donors (Lipinski definition) is 1. The van der Waals surface area contributed by atoms with Crippen molar-refractivity contribution in [3.63, 3.8) is 0 Å². The number of fused-ring (bicyclic) bond motifs is 1. The van der Waals surface area contributed by atoms with E-state index in [2.05, 4.69) is 23.5 Å². The second-order valence-corrected chi connectivity index (χ2v) is 5.75. The lowest BCUT2D eigenvalue weighted by Crippen LogP contribution is -2.41. The Hall–Kier alpha value is -1.35. The van der Waals surface area contributed by atoms with Crippen molar-refractivity contribution in [2.45, 2.75) is 45.2 Å². The van der Waals surface area contributed by atoms with Crippen LogP contribution in [0.3, 0.4) is 0 Å². The van der Waals surface area contributed by atoms with E-state index < -0.39 is 0 Å². The lowest BCUT2D eigenvalue weighted by molar-refractivity contribution is -0.132. The van der Waals surface area contributed by atoms with Crippen molar-refractivity contribution in [1.82, 2.24) is 10.2 Å². The van der Waals surface area contributed by atoms with Gasteiger partial charge in [0.15, 0.2) is 0 Å². The summed E-state index contributed by atoms with van der Waals surface area (Å²) in [5, 5.41) is 3.26. The molecule has 19 heavy (non-hydrogen) atoms. The quantitative estimate of drug-likeness (QED) is 0.878. The number of nitrogens with zero attached hydrogens (tertiary/aromatic N) is 1. The van der Waals surface area contributed by atoms with Gasteiger partial charge in [0, 0.05) is 13.1 Å². The van der Waals surface area contributed by atoms with Crippen LogP contribution >= 0.6 is 0 Å². The minimum absolute atomic E-state index is 0.0445. The first kappa shape index (κ1) is 12.7. The Morgan fingerprint density at radius 1 is 1.26 bits per heavy atom. The summed E-state index contributed by atoms with van der Waals surface area (Å²) in [6, 6.07) is 6.71. The fourth-order valence-corrected chi connectivity index (χ4v) is 3.16. The Bertz CT molecular complexity index is 484. The van der Waals surface area contributed by atoms with E-state index >= 15 is 0 Å². The highest BCUT2D eigenvalue weighted by Crippen LogP contribution is 2.23. The zero-order chi connectivity index (χ0) is 13.2. The molecule has 1 saturated heterocycles. The summed E-state index contributed by atoms with van der Waals surface area (Å²) in [6.45, 7) is 4.53. The first-order chi connectivity index (χ1) is 9.24. The summed E-state index contributed by atoms with van der Waals surface area (Å²) in [6.07, 6.45) is 4.75. The van der Waals surface area contributed by atoms with Gasteiger partial charge in [-0.2, -0.15) is 0 Å². The molecular weight excluding hydrogens is 236 g/mol. The highest BCUT2D eigenvalue weighted by Gasteiger charge is 2.23. The molecule has 2 aliphatic rings. The normalized spacial score (nSPS) is 23.3. The van der Waals surface area contributed by atoms with Crippen molar-refractivity contribution < 1.29 is 4.79 Å². The minimum atomic E-state index is -0.0445. The van der Waals surface area contributed by atoms with Crippen LogP contribution in [-0.4, -0.2) is 29.9 Å². The van der Waals surface area contributed by atoms with Gasteiger partial charge >= 0.3 is 0 Å². The van der Waals surface area contributed by atoms with Gasteiger partial charge in [0.1, 0.15) is 0 Å². The minimum Gasteiger partial charge on any atom is -0.337 e. The molecule has 1 fully saturated rings. The molecule has 0 radical (unpaired) electrons. The van der Waals surface area contributed by atoms with Gasteiger partial charge in [0.25, 0.3) is 0 Å². The number of rotatable bonds is 2. The van der Waals surface area contributed by atoms with Crippen LogP contribution in [0.5, 0.6) is 0 Å². The molecule has 1 heterocycles. The standard InChI is InChI=1S/C16H22N2O/c1-12-16(19)18(9-3-8-17-12)11-13-6-7-14-4-2-5-15(14)10-13/h6-7,10,12,17H,2-5,8-9,11H2,1H3. The zero-order valence-corrected chi connectivity index (χ0v) is 11.6. The molecule has 0 saturated carbocycles. The van der Waals surface area contributed by atoms with E-state index in [4.69, 9.17) is 0 Å². The van der Waals surface area contributed by atoms with E-state index in [1.165, 1.54) is 36.0 Å². The number of hydrogen-bond acceptors (Lipinski definition) is 2. The van der Waals surface area contributed by atoms with Gasteiger partial charge in [0.2, 0.25) is 5.91 Å². The van der Waals surface area contributed by atoms with Crippen LogP contribution in [-0.2, 0) is 24.2 Å². The Morgan fingerprint density at radius 3 is 3.00 bits per heavy atom. The lowest BCUT2D eigenvalue weighted by atomic mass is 10.1. The first-order valence-corrected chi connectivity index (χ1v) is 7.37. The average molecular weight is 258 g/mol. The molecule has 1 atom stereocenters. The number of carbonyl (C=O) groups is 1. The van der Waals surface area contributed by atoms with Crippen LogP contribution in [0.15, 0.2) is 18.2 Å². The Kier molecular flexibility index (Phi) is 3.56. The van der Waals surface area contributed by atoms with Crippen molar-refractivity contribution in [2.24, 2.45) is 0 Å². The van der Waals surface area contributed by atoms with Gasteiger partial charge in [-0.25, -0.2) is 0 Å². The Labute approximate surface area is 115 Å². The SMILES string of the molecule is CC1NCCCN(Cc2ccc3c(c2)CCC3)C1=O. The van der Waals surface area contributed by atoms with Crippen molar-refractivity contribution >= 4 is 5.91 Å². The highest BCUT2D eigenvalue weighted by atomic mass is 16.2. The van der Waals surface area contributed by atoms with E-state index in [0.717, 1.165) is 26.1 Å². The topological polar surface area (TPSA) is 32.3 Å². The molecule has 1 aliphatic heterocycles. The van der Waals surface area contributed by atoms with Crippen LogP contribution < -0.4 is 5.32 Å². The van der Waals surface area contributed by atoms with Gasteiger partial charge in [-0.3, -0.25) is 4.79 Å². The largest absolute Gasteiger partial charge is 0.337 e. The molecule has 1 aromatic carbocycles. The fraction of sp³-hybridized carbons (Fsp3) is 0.562. The molecule has 3 nitrogen and oxygen atoms in total. The number of amides is 1. The van der Waals surface area contributed by atoms with E-state index in [-0.39, 0.29) is 11.9 Å². The maximum Gasteiger partial charge on any atom is 0.239 e. The van der Waals surface area contributed by atoms with Crippen molar-refractivity contribution in [2.75, 3.05) is 13.1 Å². The number of nitrogens with one attached hydrogen (secondary N) is 1. The summed E-state index contributed by atoms with van der Waals surface area (Å²) in [4.78, 5) is 14.2. The smallest absolute Gasteiger partial charge is 0.239 e. The molecule has 1 aliphatic carbocycles. The third kappa shape index (κ3) is 2.66. The Balaban J connectivity index is 1.75. The van der Waals surface area contributed by atoms with Crippen molar-refractivity contribution in [1.29, 1.82) is 0 Å². The predicted molar refractivity (Wildman–Crippen MR) is 76.0 cm³/mol. The first-order valence-electron chi connectivity index (χ1n) is 7.37. The average Bonchev–Trinajstić information content (AvgIpc) is 2.82. The highest BCUT2D eigenvalue weighted by molar-refractivity contribution is 5.81. The van der Waals surface area contributed by atoms with E-state index in [9.17, 15) is 4.79 Å². The van der Waals surface area contributed by atoms with Gasteiger partial charge < -0.3 is 10.2 Å². The molecule has 0 spiro atoms. The number of aryl methyl sites for hydroxylation is 2. The van der Waals surface area contributed by atoms with E-state index in [1.54, 1.807) is 0 Å². The van der Waals surface area contributed by atoms with E-state index in [1.807, 2.05) is 11.8 Å². The molecule has 0 bridgehead atoms. The monoisotopic (exact) mass is 258 g/mol. The summed E-state index contributed by atoms with van der Waals surface area (Å²) < 4.78 is 0. The maximum atomic E-state index is 12.2. The molecule has 1 aromatic rings. The number of benzene rings is 1. The lowest BCUT2D eigenvalue weighted by Gasteiger charge is -2.23. The van der Waals surface area contributed by atoms with Gasteiger partial charge in [-0.05, 0) is 55.8 Å². The maximum absolute atomic E-state index is 12.2. The summed E-state index contributed by atoms with van der Waals surface area (Å²) in [5.41, 5.74) is 4.27. The third-order valence-electron chi connectivity index (χ3n) is 4.27. The molecule has 1 N–H and O–H groups in total. The van der Waals surface area contributed by atoms with Gasteiger partial charge in [-0.1, -0.05) is 18.2 Å². The van der Waals surface area contributed by atoms with Crippen LogP contribution in [0.1, 0.15) is 36.5 Å². The molecule has 3 heteroatoms. The molecular formula is C16H22N2O. The number of carbonyl (C=O) groups excluding carboxylic acids is 1.